The smallest absolute Gasteiger partial charge is 0.195 e. The normalized spacial score (nSPS) is 12.7. The fourth-order valence-corrected chi connectivity index (χ4v) is 0.743. The summed E-state index contributed by atoms with van der Waals surface area (Å²) in [5, 5.41) is 0. The third-order valence-corrected chi connectivity index (χ3v) is 2.17. The molecular weight excluding hydrogens is 231 g/mol. The van der Waals surface area contributed by atoms with Gasteiger partial charge in [0.05, 0.1) is 0 Å². The molecule has 52 valence electrons. The van der Waals surface area contributed by atoms with Crippen LogP contribution in [-0.2, 0) is 9.59 Å². The van der Waals surface area contributed by atoms with Gasteiger partial charge >= 0.3 is 0 Å². The van der Waals surface area contributed by atoms with Gasteiger partial charge in [0.2, 0.25) is 0 Å². The Morgan fingerprint density at radius 2 is 2.33 bits per heavy atom. The molecule has 0 N–H and O–H groups in total. The summed E-state index contributed by atoms with van der Waals surface area (Å²) in [7, 11) is 0. The van der Waals surface area contributed by atoms with Crippen LogP contribution in [-0.4, -0.2) is 10.1 Å². The molecule has 3 heteroatoms. The molecule has 2 nitrogen and oxygen atoms in total. The Hall–Kier alpha value is 0.0700. The van der Waals surface area contributed by atoms with E-state index in [-0.39, 0.29) is 9.71 Å². The van der Waals surface area contributed by atoms with E-state index < -0.39 is 0 Å². The first kappa shape index (κ1) is 9.07. The van der Waals surface area contributed by atoms with Gasteiger partial charge in [0.25, 0.3) is 0 Å². The molecule has 0 saturated heterocycles. The number of hydrogen-bond donors (Lipinski definition) is 0. The van der Waals surface area contributed by atoms with Crippen molar-refractivity contribution in [3.63, 3.8) is 0 Å². The van der Waals surface area contributed by atoms with Crippen molar-refractivity contribution in [2.75, 3.05) is 0 Å². The second kappa shape index (κ2) is 4.90. The maximum absolute atomic E-state index is 10.5. The van der Waals surface area contributed by atoms with Crippen molar-refractivity contribution in [1.29, 1.82) is 0 Å². The van der Waals surface area contributed by atoms with Crippen LogP contribution >= 0.6 is 22.6 Å². The molecule has 0 aromatic carbocycles. The summed E-state index contributed by atoms with van der Waals surface area (Å²) >= 11 is 1.75. The molecule has 0 radical (unpaired) electrons. The molecule has 0 spiro atoms. The van der Waals surface area contributed by atoms with Crippen LogP contribution in [0.15, 0.2) is 0 Å². The summed E-state index contributed by atoms with van der Waals surface area (Å²) in [6, 6.07) is 0. The van der Waals surface area contributed by atoms with Crippen molar-refractivity contribution in [1.82, 2.24) is 0 Å². The lowest BCUT2D eigenvalue weighted by Crippen LogP contribution is -2.02. The number of hydrogen-bond acceptors (Lipinski definition) is 2. The zero-order chi connectivity index (χ0) is 7.28. The molecule has 0 aromatic rings. The van der Waals surface area contributed by atoms with E-state index >= 15 is 0 Å². The molecule has 0 aliphatic heterocycles. The molecule has 0 bridgehead atoms. The average Bonchev–Trinajstić information content (AvgIpc) is 1.82. The molecule has 0 amide bonds. The van der Waals surface area contributed by atoms with Gasteiger partial charge in [-0.25, -0.2) is 0 Å². The highest BCUT2D eigenvalue weighted by Gasteiger charge is 2.06. The molecule has 0 aromatic heterocycles. The van der Waals surface area contributed by atoms with E-state index in [0.717, 1.165) is 6.29 Å². The second-order valence-corrected chi connectivity index (χ2v) is 3.01. The Morgan fingerprint density at radius 1 is 1.78 bits per heavy atom. The van der Waals surface area contributed by atoms with Gasteiger partial charge in [-0.3, -0.25) is 4.79 Å². The molecule has 0 fully saturated rings. The summed E-state index contributed by atoms with van der Waals surface area (Å²) in [4.78, 5) is 20.3. The van der Waals surface area contributed by atoms with Crippen LogP contribution in [0.2, 0.25) is 0 Å². The van der Waals surface area contributed by atoms with Crippen molar-refractivity contribution < 1.29 is 9.59 Å². The van der Waals surface area contributed by atoms with Gasteiger partial charge in [-0.05, 0) is 29.0 Å². The molecule has 0 heterocycles. The molecular formula is C6H9IO2. The minimum absolute atomic E-state index is 0.0378. The standard InChI is InChI=1S/C6H9IO2/c1-5(6(7)9)3-2-4-8/h4-5H,2-3H2,1H3. The van der Waals surface area contributed by atoms with E-state index in [0.29, 0.717) is 12.8 Å². The lowest BCUT2D eigenvalue weighted by molar-refractivity contribution is -0.112. The maximum Gasteiger partial charge on any atom is 0.195 e. The predicted octanol–water partition coefficient (Wildman–Crippen LogP) is 1.56. The fraction of sp³-hybridized carbons (Fsp3) is 0.667. The van der Waals surface area contributed by atoms with Crippen LogP contribution < -0.4 is 0 Å². The molecule has 1 atom stereocenters. The van der Waals surface area contributed by atoms with Gasteiger partial charge in [0.1, 0.15) is 6.29 Å². The fourth-order valence-electron chi connectivity index (χ4n) is 0.432. The third kappa shape index (κ3) is 4.57. The summed E-state index contributed by atoms with van der Waals surface area (Å²) < 4.78 is 0.134. The van der Waals surface area contributed by atoms with Crippen molar-refractivity contribution in [3.05, 3.63) is 0 Å². The van der Waals surface area contributed by atoms with Crippen LogP contribution in [0.5, 0.6) is 0 Å². The van der Waals surface area contributed by atoms with Gasteiger partial charge in [0.15, 0.2) is 3.79 Å². The molecule has 0 aliphatic rings. The molecule has 0 aliphatic carbocycles. The first-order valence-electron chi connectivity index (χ1n) is 2.81. The van der Waals surface area contributed by atoms with E-state index in [2.05, 4.69) is 0 Å². The molecule has 1 unspecified atom stereocenters. The first-order valence-corrected chi connectivity index (χ1v) is 3.89. The minimum atomic E-state index is 0.0378. The van der Waals surface area contributed by atoms with Crippen molar-refractivity contribution in [2.24, 2.45) is 5.92 Å². The van der Waals surface area contributed by atoms with Gasteiger partial charge in [0, 0.05) is 12.3 Å². The lowest BCUT2D eigenvalue weighted by Gasteiger charge is -1.99. The molecule has 0 saturated carbocycles. The van der Waals surface area contributed by atoms with E-state index in [1.54, 1.807) is 22.6 Å². The highest BCUT2D eigenvalue weighted by molar-refractivity contribution is 14.1. The quantitative estimate of drug-likeness (QED) is 0.424. The largest absolute Gasteiger partial charge is 0.303 e. The third-order valence-electron chi connectivity index (χ3n) is 1.10. The van der Waals surface area contributed by atoms with Crippen molar-refractivity contribution >= 4 is 32.7 Å². The molecule has 0 rings (SSSR count). The Bertz CT molecular complexity index is 112. The Labute approximate surface area is 68.1 Å². The summed E-state index contributed by atoms with van der Waals surface area (Å²) in [5.74, 6) is 0.0378. The van der Waals surface area contributed by atoms with E-state index in [4.69, 9.17) is 0 Å². The van der Waals surface area contributed by atoms with Gasteiger partial charge in [-0.2, -0.15) is 0 Å². The zero-order valence-corrected chi connectivity index (χ0v) is 7.42. The number of rotatable bonds is 4. The van der Waals surface area contributed by atoms with Crippen LogP contribution in [0.3, 0.4) is 0 Å². The topological polar surface area (TPSA) is 34.1 Å². The highest BCUT2D eigenvalue weighted by atomic mass is 127. The van der Waals surface area contributed by atoms with E-state index in [9.17, 15) is 9.59 Å². The van der Waals surface area contributed by atoms with Gasteiger partial charge in [-0.15, -0.1) is 0 Å². The zero-order valence-electron chi connectivity index (χ0n) is 5.26. The maximum atomic E-state index is 10.5. The average molecular weight is 240 g/mol. The van der Waals surface area contributed by atoms with Crippen LogP contribution in [0.1, 0.15) is 19.8 Å². The van der Waals surface area contributed by atoms with Crippen molar-refractivity contribution in [2.45, 2.75) is 19.8 Å². The molecule has 9 heavy (non-hydrogen) atoms. The predicted molar refractivity (Wildman–Crippen MR) is 43.5 cm³/mol. The number of carbonyl (C=O) groups excluding carboxylic acids is 2. The highest BCUT2D eigenvalue weighted by Crippen LogP contribution is 2.09. The summed E-state index contributed by atoms with van der Waals surface area (Å²) in [5.41, 5.74) is 0. The summed E-state index contributed by atoms with van der Waals surface area (Å²) in [6.45, 7) is 1.83. The van der Waals surface area contributed by atoms with Gasteiger partial charge < -0.3 is 4.79 Å². The SMILES string of the molecule is CC(CCC=O)C(=O)I. The second-order valence-electron chi connectivity index (χ2n) is 1.95. The van der Waals surface area contributed by atoms with Crippen LogP contribution in [0.4, 0.5) is 0 Å². The number of aldehydes is 1. The number of halogens is 1. The van der Waals surface area contributed by atoms with Crippen molar-refractivity contribution in [3.8, 4) is 0 Å². The monoisotopic (exact) mass is 240 g/mol. The summed E-state index contributed by atoms with van der Waals surface area (Å²) in [6.07, 6.45) is 2.03. The minimum Gasteiger partial charge on any atom is -0.303 e. The Kier molecular flexibility index (Phi) is 4.94. The Balaban J connectivity index is 3.37. The van der Waals surface area contributed by atoms with E-state index in [1.807, 2.05) is 6.92 Å². The lowest BCUT2D eigenvalue weighted by atomic mass is 10.1. The van der Waals surface area contributed by atoms with Crippen LogP contribution in [0, 0.1) is 5.92 Å². The number of carbonyl (C=O) groups is 2. The van der Waals surface area contributed by atoms with Gasteiger partial charge in [-0.1, -0.05) is 6.92 Å². The first-order chi connectivity index (χ1) is 4.18. The Morgan fingerprint density at radius 3 is 2.67 bits per heavy atom. The van der Waals surface area contributed by atoms with Crippen LogP contribution in [0.25, 0.3) is 0 Å². The van der Waals surface area contributed by atoms with E-state index in [1.165, 1.54) is 0 Å².